The monoisotopic (exact) mass is 332 g/mol. The lowest BCUT2D eigenvalue weighted by Gasteiger charge is -2.32. The van der Waals surface area contributed by atoms with Gasteiger partial charge in [0.05, 0.1) is 0 Å². The summed E-state index contributed by atoms with van der Waals surface area (Å²) in [6.45, 7) is 3.07. The van der Waals surface area contributed by atoms with Gasteiger partial charge in [0, 0.05) is 30.4 Å². The summed E-state index contributed by atoms with van der Waals surface area (Å²) >= 11 is 0. The van der Waals surface area contributed by atoms with Crippen LogP contribution < -0.4 is 0 Å². The van der Waals surface area contributed by atoms with Crippen LogP contribution in [0.4, 0.5) is 4.39 Å². The van der Waals surface area contributed by atoms with Crippen molar-refractivity contribution in [2.75, 3.05) is 13.1 Å². The Morgan fingerprint density at radius 3 is 2.92 bits per heavy atom. The average molecular weight is 332 g/mol. The maximum atomic E-state index is 13.5. The van der Waals surface area contributed by atoms with Gasteiger partial charge in [-0.2, -0.15) is 0 Å². The van der Waals surface area contributed by atoms with Crippen LogP contribution in [-0.4, -0.2) is 40.0 Å². The Balaban J connectivity index is 1.76. The van der Waals surface area contributed by atoms with Crippen LogP contribution in [0.3, 0.4) is 0 Å². The number of likely N-dealkylation sites (tertiary alicyclic amines) is 1. The molecule has 2 heterocycles. The lowest BCUT2D eigenvalue weighted by Crippen LogP contribution is -2.40. The molecule has 0 aliphatic carbocycles. The molecule has 1 fully saturated rings. The van der Waals surface area contributed by atoms with Gasteiger partial charge in [-0.1, -0.05) is 0 Å². The van der Waals surface area contributed by atoms with Crippen LogP contribution in [0, 0.1) is 18.7 Å². The molecule has 1 aromatic heterocycles. The molecule has 5 nitrogen and oxygen atoms in total. The van der Waals surface area contributed by atoms with Crippen molar-refractivity contribution in [1.29, 1.82) is 0 Å². The fraction of sp³-hybridized carbons (Fsp3) is 0.444. The molecule has 3 rings (SSSR count). The number of aryl methyl sites for hydroxylation is 1. The van der Waals surface area contributed by atoms with Gasteiger partial charge in [0.2, 0.25) is 0 Å². The fourth-order valence-corrected chi connectivity index (χ4v) is 3.47. The van der Waals surface area contributed by atoms with Crippen LogP contribution >= 0.6 is 0 Å². The zero-order chi connectivity index (χ0) is 17.3. The number of nitrogens with one attached hydrogen (secondary N) is 1. The van der Waals surface area contributed by atoms with E-state index < -0.39 is 5.97 Å². The van der Waals surface area contributed by atoms with Crippen molar-refractivity contribution in [3.8, 4) is 0 Å². The molecule has 1 saturated heterocycles. The molecule has 0 spiro atoms. The summed E-state index contributed by atoms with van der Waals surface area (Å²) in [5.74, 6) is -1.01. The highest BCUT2D eigenvalue weighted by Crippen LogP contribution is 2.25. The van der Waals surface area contributed by atoms with Gasteiger partial charge in [0.15, 0.2) is 0 Å². The Morgan fingerprint density at radius 2 is 2.17 bits per heavy atom. The van der Waals surface area contributed by atoms with Gasteiger partial charge in [0.25, 0.3) is 5.91 Å². The number of nitrogens with zero attached hydrogens (tertiary/aromatic N) is 1. The number of aromatic nitrogens is 1. The summed E-state index contributed by atoms with van der Waals surface area (Å²) < 4.78 is 13.5. The molecule has 1 aromatic carbocycles. The van der Waals surface area contributed by atoms with Crippen LogP contribution in [0.2, 0.25) is 0 Å². The van der Waals surface area contributed by atoms with Crippen LogP contribution in [0.5, 0.6) is 0 Å². The maximum Gasteiger partial charge on any atom is 0.303 e. The molecule has 0 bridgehead atoms. The molecule has 0 unspecified atom stereocenters. The number of rotatable bonds is 4. The Labute approximate surface area is 139 Å². The van der Waals surface area contributed by atoms with E-state index in [1.54, 1.807) is 11.0 Å². The van der Waals surface area contributed by atoms with Crippen molar-refractivity contribution in [3.63, 3.8) is 0 Å². The molecule has 1 aliphatic heterocycles. The van der Waals surface area contributed by atoms with E-state index in [0.29, 0.717) is 30.7 Å². The fourth-order valence-electron chi connectivity index (χ4n) is 3.47. The molecular formula is C18H21FN2O3. The van der Waals surface area contributed by atoms with Crippen molar-refractivity contribution >= 4 is 22.8 Å². The number of hydrogen-bond acceptors (Lipinski definition) is 2. The van der Waals surface area contributed by atoms with Crippen LogP contribution in [-0.2, 0) is 4.79 Å². The summed E-state index contributed by atoms with van der Waals surface area (Å²) in [6.07, 6.45) is 2.56. The minimum Gasteiger partial charge on any atom is -0.481 e. The number of halogens is 1. The third-order valence-electron chi connectivity index (χ3n) is 4.71. The van der Waals surface area contributed by atoms with Crippen molar-refractivity contribution in [2.45, 2.75) is 32.6 Å². The number of aromatic amines is 1. The number of fused-ring (bicyclic) bond motifs is 1. The Bertz CT molecular complexity index is 784. The van der Waals surface area contributed by atoms with E-state index in [1.165, 1.54) is 12.1 Å². The highest BCUT2D eigenvalue weighted by atomic mass is 19.1. The van der Waals surface area contributed by atoms with Gasteiger partial charge in [-0.15, -0.1) is 0 Å². The molecule has 1 atom stereocenters. The van der Waals surface area contributed by atoms with Crippen LogP contribution in [0.1, 0.15) is 41.7 Å². The number of benzene rings is 1. The second kappa shape index (κ2) is 6.63. The quantitative estimate of drug-likeness (QED) is 0.902. The molecule has 2 aromatic rings. The first-order valence-electron chi connectivity index (χ1n) is 8.24. The van der Waals surface area contributed by atoms with E-state index >= 15 is 0 Å². The molecular weight excluding hydrogens is 311 g/mol. The topological polar surface area (TPSA) is 73.4 Å². The van der Waals surface area contributed by atoms with Gasteiger partial charge in [-0.3, -0.25) is 9.59 Å². The van der Waals surface area contributed by atoms with E-state index in [4.69, 9.17) is 5.11 Å². The molecule has 1 aliphatic rings. The number of aliphatic carboxylic acids is 1. The Kier molecular flexibility index (Phi) is 4.55. The number of carbonyl (C=O) groups excluding carboxylic acids is 1. The molecule has 24 heavy (non-hydrogen) atoms. The number of carboxylic acids is 1. The summed E-state index contributed by atoms with van der Waals surface area (Å²) in [5, 5.41) is 9.66. The minimum atomic E-state index is -0.799. The maximum absolute atomic E-state index is 13.5. The summed E-state index contributed by atoms with van der Waals surface area (Å²) in [4.78, 5) is 28.2. The first-order valence-corrected chi connectivity index (χ1v) is 8.24. The number of carboxylic acid groups (broad SMARTS) is 1. The van der Waals surface area contributed by atoms with Crippen LogP contribution in [0.15, 0.2) is 18.2 Å². The number of H-pyrrole nitrogens is 1. The smallest absolute Gasteiger partial charge is 0.303 e. The SMILES string of the molecule is Cc1cc(F)cc2[nH]c(C(=O)N3CCC[C@@H](CCC(=O)O)C3)cc12. The predicted octanol–water partition coefficient (Wildman–Crippen LogP) is 3.33. The average Bonchev–Trinajstić information content (AvgIpc) is 2.96. The lowest BCUT2D eigenvalue weighted by atomic mass is 9.93. The predicted molar refractivity (Wildman–Crippen MR) is 88.5 cm³/mol. The second-order valence-corrected chi connectivity index (χ2v) is 6.56. The third kappa shape index (κ3) is 3.42. The molecule has 6 heteroatoms. The van der Waals surface area contributed by atoms with Gasteiger partial charge < -0.3 is 15.0 Å². The zero-order valence-corrected chi connectivity index (χ0v) is 13.6. The van der Waals surface area contributed by atoms with E-state index in [1.807, 2.05) is 6.92 Å². The third-order valence-corrected chi connectivity index (χ3v) is 4.71. The number of piperidine rings is 1. The minimum absolute atomic E-state index is 0.106. The van der Waals surface area contributed by atoms with Gasteiger partial charge in [0.1, 0.15) is 11.5 Å². The summed E-state index contributed by atoms with van der Waals surface area (Å²) in [5.41, 5.74) is 1.87. The standard InChI is InChI=1S/C18H21FN2O3/c1-11-7-13(19)8-15-14(11)9-16(20-15)18(24)21-6-2-3-12(10-21)4-5-17(22)23/h7-9,12,20H,2-6,10H2,1H3,(H,22,23)/t12-/m0/s1. The van der Waals surface area contributed by atoms with E-state index in [0.717, 1.165) is 23.8 Å². The Hall–Kier alpha value is -2.37. The highest BCUT2D eigenvalue weighted by Gasteiger charge is 2.26. The van der Waals surface area contributed by atoms with Crippen molar-refractivity contribution < 1.29 is 19.1 Å². The molecule has 2 N–H and O–H groups in total. The number of carbonyl (C=O) groups is 2. The zero-order valence-electron chi connectivity index (χ0n) is 13.6. The summed E-state index contributed by atoms with van der Waals surface area (Å²) in [6, 6.07) is 4.62. The van der Waals surface area contributed by atoms with Gasteiger partial charge >= 0.3 is 5.97 Å². The Morgan fingerprint density at radius 1 is 1.38 bits per heavy atom. The molecule has 128 valence electrons. The van der Waals surface area contributed by atoms with E-state index in [9.17, 15) is 14.0 Å². The summed E-state index contributed by atoms with van der Waals surface area (Å²) in [7, 11) is 0. The first-order chi connectivity index (χ1) is 11.4. The van der Waals surface area contributed by atoms with Crippen molar-refractivity contribution in [3.05, 3.63) is 35.3 Å². The van der Waals surface area contributed by atoms with Gasteiger partial charge in [-0.05, 0) is 55.9 Å². The molecule has 0 saturated carbocycles. The van der Waals surface area contributed by atoms with E-state index in [2.05, 4.69) is 4.98 Å². The number of hydrogen-bond donors (Lipinski definition) is 2. The first kappa shape index (κ1) is 16.5. The second-order valence-electron chi connectivity index (χ2n) is 6.56. The largest absolute Gasteiger partial charge is 0.481 e. The van der Waals surface area contributed by atoms with E-state index in [-0.39, 0.29) is 24.1 Å². The lowest BCUT2D eigenvalue weighted by molar-refractivity contribution is -0.137. The van der Waals surface area contributed by atoms with Crippen molar-refractivity contribution in [1.82, 2.24) is 9.88 Å². The van der Waals surface area contributed by atoms with Gasteiger partial charge in [-0.25, -0.2) is 4.39 Å². The molecule has 1 amide bonds. The highest BCUT2D eigenvalue weighted by molar-refractivity contribution is 5.98. The van der Waals surface area contributed by atoms with Crippen LogP contribution in [0.25, 0.3) is 10.9 Å². The normalized spacial score (nSPS) is 18.1. The number of amides is 1. The molecule has 0 radical (unpaired) electrons. The van der Waals surface area contributed by atoms with Crippen molar-refractivity contribution in [2.24, 2.45) is 5.92 Å².